The molecule has 2 N–H and O–H groups in total. The lowest BCUT2D eigenvalue weighted by molar-refractivity contribution is -0.290. The van der Waals surface area contributed by atoms with Crippen molar-refractivity contribution in [1.29, 1.82) is 0 Å². The number of aryl methyl sites for hydroxylation is 1. The molecule has 53 heavy (non-hydrogen) atoms. The third kappa shape index (κ3) is 8.79. The Labute approximate surface area is 312 Å². The number of ketones is 2. The van der Waals surface area contributed by atoms with Crippen LogP contribution in [0, 0.1) is 17.8 Å². The highest BCUT2D eigenvalue weighted by Crippen LogP contribution is 2.43. The summed E-state index contributed by atoms with van der Waals surface area (Å²) in [6, 6.07) is -1.28. The van der Waals surface area contributed by atoms with Crippen molar-refractivity contribution in [3.63, 3.8) is 0 Å². The van der Waals surface area contributed by atoms with Crippen LogP contribution in [0.4, 0.5) is 9.18 Å². The number of likely N-dealkylation sites (N-methyl/N-ethyl adjacent to an activating group) is 1. The van der Waals surface area contributed by atoms with Crippen molar-refractivity contribution in [2.45, 2.75) is 161 Å². The van der Waals surface area contributed by atoms with Crippen molar-refractivity contribution in [3.8, 4) is 0 Å². The molecule has 1 amide bonds. The first kappa shape index (κ1) is 42.8. The van der Waals surface area contributed by atoms with Gasteiger partial charge in [0.25, 0.3) is 5.67 Å². The zero-order chi connectivity index (χ0) is 39.5. The summed E-state index contributed by atoms with van der Waals surface area (Å²) in [5.74, 6) is -5.70. The molecule has 3 aliphatic rings. The van der Waals surface area contributed by atoms with Gasteiger partial charge in [-0.3, -0.25) is 9.59 Å². The summed E-state index contributed by atoms with van der Waals surface area (Å²) in [5, 5.41) is 14.5. The fraction of sp³-hybridized carbons (Fsp3) is 0.816. The molecule has 0 spiro atoms. The lowest BCUT2D eigenvalue weighted by Crippen LogP contribution is -2.62. The number of nitrogens with one attached hydrogen (secondary N) is 1. The molecule has 3 aliphatic heterocycles. The van der Waals surface area contributed by atoms with Crippen LogP contribution in [0.2, 0.25) is 0 Å². The Kier molecular flexibility index (Phi) is 13.9. The monoisotopic (exact) mass is 752 g/mol. The molecule has 0 radical (unpaired) electrons. The number of fused-ring (bicyclic) bond motifs is 1. The minimum atomic E-state index is -3.16. The lowest BCUT2D eigenvalue weighted by atomic mass is 9.73. The number of Topliss-reactive ketones (excluding diaryl/α,β-unsaturated/α-hetero) is 2. The number of carbonyl (C=O) groups is 4. The number of methoxy groups -OCH3 is 1. The number of hydrogen-bond acceptors (Lipinski definition) is 12. The number of carbonyl (C=O) groups excluding carboxylic acids is 4. The van der Waals surface area contributed by atoms with Gasteiger partial charge in [-0.1, -0.05) is 34.6 Å². The van der Waals surface area contributed by atoms with E-state index in [0.717, 1.165) is 6.92 Å². The van der Waals surface area contributed by atoms with Crippen molar-refractivity contribution in [2.75, 3.05) is 20.2 Å². The Balaban J connectivity index is 1.75. The number of cyclic esters (lactones) is 1. The van der Waals surface area contributed by atoms with Gasteiger partial charge in [0.2, 0.25) is 0 Å². The molecule has 3 fully saturated rings. The first-order valence-corrected chi connectivity index (χ1v) is 19.1. The van der Waals surface area contributed by atoms with E-state index in [1.807, 2.05) is 24.6 Å². The highest BCUT2D eigenvalue weighted by Gasteiger charge is 2.61. The SMILES string of the molecule is CCN[C@H]1C[C@@H](C)O[C@@H](O[C@@H]2[C@@H](C)C(=O)[C@](C)(F)C(=O)O[C@H](CC)[C@@]3(C)OC(=O)N(CCCCn4ccnc4)C3[C@@H](C)C(=O)[C@H](C)C[C@@]2(C)OC)[C@H]1O. The van der Waals surface area contributed by atoms with Crippen molar-refractivity contribution in [3.05, 3.63) is 18.7 Å². The lowest BCUT2D eigenvalue weighted by Gasteiger charge is -2.46. The zero-order valence-corrected chi connectivity index (χ0v) is 33.0. The molecule has 1 aromatic rings. The average molecular weight is 753 g/mol. The van der Waals surface area contributed by atoms with Crippen LogP contribution < -0.4 is 5.32 Å². The molecule has 300 valence electrons. The first-order valence-electron chi connectivity index (χ1n) is 19.1. The largest absolute Gasteiger partial charge is 0.455 e. The van der Waals surface area contributed by atoms with E-state index in [-0.39, 0.29) is 37.3 Å². The average Bonchev–Trinajstić information content (AvgIpc) is 3.72. The molecule has 0 saturated carbocycles. The second-order valence-corrected chi connectivity index (χ2v) is 15.7. The number of esters is 1. The Bertz CT molecular complexity index is 1430. The number of ether oxygens (including phenoxy) is 5. The minimum absolute atomic E-state index is 0.0117. The number of amides is 1. The van der Waals surface area contributed by atoms with Gasteiger partial charge in [0, 0.05) is 56.4 Å². The van der Waals surface area contributed by atoms with E-state index >= 15 is 4.39 Å². The summed E-state index contributed by atoms with van der Waals surface area (Å²) in [4.78, 5) is 61.7. The summed E-state index contributed by atoms with van der Waals surface area (Å²) >= 11 is 0. The number of alkyl halides is 1. The quantitative estimate of drug-likeness (QED) is 0.190. The third-order valence-electron chi connectivity index (χ3n) is 11.6. The number of aromatic nitrogens is 2. The maximum absolute atomic E-state index is 16.8. The molecule has 14 nitrogen and oxygen atoms in total. The summed E-state index contributed by atoms with van der Waals surface area (Å²) in [7, 11) is 1.40. The van der Waals surface area contributed by atoms with Crippen LogP contribution in [0.15, 0.2) is 18.7 Å². The molecular formula is C38H61FN4O10. The molecule has 0 aliphatic carbocycles. The molecule has 4 heterocycles. The van der Waals surface area contributed by atoms with Gasteiger partial charge in [-0.2, -0.15) is 0 Å². The van der Waals surface area contributed by atoms with Gasteiger partial charge in [-0.05, 0) is 66.3 Å². The Morgan fingerprint density at radius 3 is 2.34 bits per heavy atom. The third-order valence-corrected chi connectivity index (χ3v) is 11.6. The summed E-state index contributed by atoms with van der Waals surface area (Å²) in [5.41, 5.74) is -6.15. The summed E-state index contributed by atoms with van der Waals surface area (Å²) < 4.78 is 49.0. The molecule has 1 unspecified atom stereocenters. The topological polar surface area (TPSA) is 168 Å². The van der Waals surface area contributed by atoms with Gasteiger partial charge >= 0.3 is 12.1 Å². The number of aliphatic hydroxyl groups is 1. The molecule has 0 bridgehead atoms. The fourth-order valence-corrected chi connectivity index (χ4v) is 8.68. The van der Waals surface area contributed by atoms with Crippen LogP contribution in [-0.4, -0.2) is 123 Å². The minimum Gasteiger partial charge on any atom is -0.455 e. The van der Waals surface area contributed by atoms with Gasteiger partial charge in [0.15, 0.2) is 17.7 Å². The van der Waals surface area contributed by atoms with Gasteiger partial charge in [-0.25, -0.2) is 19.0 Å². The Hall–Kier alpha value is -2.98. The van der Waals surface area contributed by atoms with Gasteiger partial charge in [0.1, 0.15) is 18.0 Å². The van der Waals surface area contributed by atoms with Gasteiger partial charge in [0.05, 0.1) is 30.2 Å². The van der Waals surface area contributed by atoms with Crippen molar-refractivity contribution in [1.82, 2.24) is 19.8 Å². The molecule has 0 aromatic carbocycles. The first-order chi connectivity index (χ1) is 24.9. The van der Waals surface area contributed by atoms with Gasteiger partial charge < -0.3 is 43.6 Å². The molecule has 4 rings (SSSR count). The van der Waals surface area contributed by atoms with E-state index in [9.17, 15) is 24.3 Å². The maximum Gasteiger partial charge on any atom is 0.410 e. The number of rotatable bonds is 11. The summed E-state index contributed by atoms with van der Waals surface area (Å²) in [6.07, 6.45) is 1.24. The highest BCUT2D eigenvalue weighted by molar-refractivity contribution is 6.08. The Morgan fingerprint density at radius 2 is 1.74 bits per heavy atom. The van der Waals surface area contributed by atoms with Crippen LogP contribution in [-0.2, 0) is 44.6 Å². The smallest absolute Gasteiger partial charge is 0.410 e. The van der Waals surface area contributed by atoms with Crippen LogP contribution in [0.25, 0.3) is 0 Å². The Morgan fingerprint density at radius 1 is 1.06 bits per heavy atom. The fourth-order valence-electron chi connectivity index (χ4n) is 8.68. The number of aliphatic hydroxyl groups excluding tert-OH is 1. The zero-order valence-electron chi connectivity index (χ0n) is 33.0. The van der Waals surface area contributed by atoms with E-state index in [1.54, 1.807) is 47.1 Å². The van der Waals surface area contributed by atoms with E-state index < -0.39 is 83.1 Å². The van der Waals surface area contributed by atoms with Crippen LogP contribution in [0.1, 0.15) is 94.4 Å². The standard InChI is InChI=1S/C38H61FN4O10/c1-11-27-38(9)30(43(35(48)53-38)17-14-13-16-42-18-15-40-21-42)24(5)28(44)22(3)20-36(7,49-10)32(25(6)31(46)37(8,39)34(47)51-27)52-33-29(45)26(41-12-2)19-23(4)50-33/h15,18,21-27,29-30,32-33,41,45H,11-14,16-17,19-20H2,1-10H3/t22-,23-,24+,25+,26+,27-,29+,30?,32-,33+,36-,37+,38-/m1/s1. The number of unbranched alkanes of at least 4 members (excludes halogenated alkanes) is 1. The van der Waals surface area contributed by atoms with Crippen LogP contribution >= 0.6 is 0 Å². The normalized spacial score (nSPS) is 40.4. The second-order valence-electron chi connectivity index (χ2n) is 15.7. The van der Waals surface area contributed by atoms with E-state index in [4.69, 9.17) is 23.7 Å². The predicted octanol–water partition coefficient (Wildman–Crippen LogP) is 4.01. The maximum atomic E-state index is 16.8. The number of nitrogens with zero attached hydrogens (tertiary/aromatic N) is 3. The van der Waals surface area contributed by atoms with E-state index in [0.29, 0.717) is 32.4 Å². The van der Waals surface area contributed by atoms with Gasteiger partial charge in [-0.15, -0.1) is 0 Å². The van der Waals surface area contributed by atoms with Crippen molar-refractivity contribution >= 4 is 23.6 Å². The molecule has 15 heteroatoms. The van der Waals surface area contributed by atoms with Crippen molar-refractivity contribution in [2.24, 2.45) is 17.8 Å². The molecular weight excluding hydrogens is 691 g/mol. The van der Waals surface area contributed by atoms with Crippen molar-refractivity contribution < 1.29 is 52.4 Å². The predicted molar refractivity (Wildman–Crippen MR) is 191 cm³/mol. The molecule has 3 saturated heterocycles. The van der Waals surface area contributed by atoms with E-state index in [2.05, 4.69) is 10.3 Å². The number of halogens is 1. The highest BCUT2D eigenvalue weighted by atomic mass is 19.1. The summed E-state index contributed by atoms with van der Waals surface area (Å²) in [6.45, 7) is 15.9. The second kappa shape index (κ2) is 17.2. The number of imidazole rings is 1. The number of hydrogen-bond donors (Lipinski definition) is 2. The molecule has 13 atom stereocenters. The van der Waals surface area contributed by atoms with Crippen LogP contribution in [0.3, 0.4) is 0 Å². The van der Waals surface area contributed by atoms with E-state index in [1.165, 1.54) is 18.9 Å². The van der Waals surface area contributed by atoms with Crippen LogP contribution in [0.5, 0.6) is 0 Å². The molecule has 1 aromatic heterocycles.